The first kappa shape index (κ1) is 20.9. The van der Waals surface area contributed by atoms with E-state index in [0.29, 0.717) is 15.7 Å². The van der Waals surface area contributed by atoms with E-state index in [0.717, 1.165) is 32.7 Å². The van der Waals surface area contributed by atoms with Gasteiger partial charge in [0.25, 0.3) is 5.91 Å². The van der Waals surface area contributed by atoms with Gasteiger partial charge in [-0.1, -0.05) is 65.7 Å². The Morgan fingerprint density at radius 1 is 1.04 bits per heavy atom. The van der Waals surface area contributed by atoms with E-state index < -0.39 is 0 Å². The Kier molecular flexibility index (Phi) is 7.51. The first-order chi connectivity index (χ1) is 13.5. The highest BCUT2D eigenvalue weighted by Gasteiger charge is 2.31. The van der Waals surface area contributed by atoms with Crippen molar-refractivity contribution in [2.24, 2.45) is 0 Å². The molecule has 1 aliphatic heterocycles. The first-order valence-electron chi connectivity index (χ1n) is 9.69. The summed E-state index contributed by atoms with van der Waals surface area (Å²) in [4.78, 5) is 15.5. The zero-order valence-corrected chi connectivity index (χ0v) is 17.6. The van der Waals surface area contributed by atoms with Crippen LogP contribution in [0.1, 0.15) is 12.5 Å². The highest BCUT2D eigenvalue weighted by atomic mass is 35.5. The van der Waals surface area contributed by atoms with Gasteiger partial charge in [0.1, 0.15) is 26.2 Å². The summed E-state index contributed by atoms with van der Waals surface area (Å²) in [6.07, 6.45) is 4.42. The van der Waals surface area contributed by atoms with Crippen molar-refractivity contribution in [1.82, 2.24) is 0 Å². The molecule has 0 unspecified atom stereocenters. The summed E-state index contributed by atoms with van der Waals surface area (Å²) >= 11 is 12.3. The molecular weight excluding hydrogens is 393 g/mol. The summed E-state index contributed by atoms with van der Waals surface area (Å²) in [6.45, 7) is 7.03. The maximum atomic E-state index is 12.7. The molecule has 1 fully saturated rings. The summed E-state index contributed by atoms with van der Waals surface area (Å²) in [6, 6.07) is 15.4. The molecule has 1 saturated heterocycles. The fraction of sp³-hybridized carbons (Fsp3) is 0.318. The van der Waals surface area contributed by atoms with Gasteiger partial charge >= 0.3 is 0 Å². The molecule has 1 atom stereocenters. The molecule has 148 valence electrons. The van der Waals surface area contributed by atoms with Gasteiger partial charge in [0, 0.05) is 0 Å². The van der Waals surface area contributed by atoms with Crippen molar-refractivity contribution in [3.8, 4) is 0 Å². The normalized spacial score (nSPS) is 20.8. The van der Waals surface area contributed by atoms with Gasteiger partial charge in [0.2, 0.25) is 0 Å². The Morgan fingerprint density at radius 3 is 2.32 bits per heavy atom. The van der Waals surface area contributed by atoms with E-state index in [9.17, 15) is 4.79 Å². The van der Waals surface area contributed by atoms with Gasteiger partial charge in [0.05, 0.1) is 22.3 Å². The average Bonchev–Trinajstić information content (AvgIpc) is 2.71. The Morgan fingerprint density at radius 2 is 1.68 bits per heavy atom. The minimum absolute atomic E-state index is 0.0441. The standard InChI is InChI=1S/C22H25Cl2N3O/c1-17(22(28)25-21-19(23)10-5-11-20(21)24)27-15-13-26(14-16-27)12-6-9-18-7-3-2-4-8-18/h2-11,17H,12-16H2,1H3,(H,25,28)/p+2/b9-6+/t17-/m1/s1. The number of nitrogens with one attached hydrogen (secondary N) is 3. The molecule has 1 amide bonds. The summed E-state index contributed by atoms with van der Waals surface area (Å²) in [5.74, 6) is -0.0441. The van der Waals surface area contributed by atoms with Gasteiger partial charge in [-0.2, -0.15) is 0 Å². The number of hydrogen-bond donors (Lipinski definition) is 3. The van der Waals surface area contributed by atoms with Crippen LogP contribution in [0.4, 0.5) is 5.69 Å². The van der Waals surface area contributed by atoms with Gasteiger partial charge < -0.3 is 15.1 Å². The zero-order valence-electron chi connectivity index (χ0n) is 16.1. The van der Waals surface area contributed by atoms with E-state index in [1.54, 1.807) is 23.1 Å². The van der Waals surface area contributed by atoms with E-state index in [-0.39, 0.29) is 11.9 Å². The third-order valence-corrected chi connectivity index (χ3v) is 5.96. The SMILES string of the molecule is C[C@H](C(=O)Nc1c(Cl)cccc1Cl)[NH+]1CC[NH+](C/C=C/c2ccccc2)CC1. The number of benzene rings is 2. The molecule has 28 heavy (non-hydrogen) atoms. The lowest BCUT2D eigenvalue weighted by Gasteiger charge is -2.32. The lowest BCUT2D eigenvalue weighted by molar-refractivity contribution is -1.02. The van der Waals surface area contributed by atoms with E-state index >= 15 is 0 Å². The number of amides is 1. The number of quaternary nitrogens is 2. The lowest BCUT2D eigenvalue weighted by Crippen LogP contribution is -3.29. The fourth-order valence-corrected chi connectivity index (χ4v) is 4.01. The molecule has 1 heterocycles. The molecule has 0 bridgehead atoms. The van der Waals surface area contributed by atoms with Crippen LogP contribution in [-0.4, -0.2) is 44.7 Å². The molecule has 0 aliphatic carbocycles. The molecular formula is C22H27Cl2N3O+2. The monoisotopic (exact) mass is 419 g/mol. The number of carbonyl (C=O) groups excluding carboxylic acids is 1. The second kappa shape index (κ2) is 10.1. The number of halogens is 2. The van der Waals surface area contributed by atoms with Crippen LogP contribution in [0.25, 0.3) is 6.08 Å². The van der Waals surface area contributed by atoms with E-state index in [1.807, 2.05) is 13.0 Å². The first-order valence-corrected chi connectivity index (χ1v) is 10.4. The van der Waals surface area contributed by atoms with Crippen LogP contribution in [0.3, 0.4) is 0 Å². The number of carbonyl (C=O) groups is 1. The second-order valence-electron chi connectivity index (χ2n) is 7.23. The molecule has 2 aromatic carbocycles. The van der Waals surface area contributed by atoms with Gasteiger partial charge in [-0.15, -0.1) is 0 Å². The van der Waals surface area contributed by atoms with Crippen LogP contribution >= 0.6 is 23.2 Å². The number of rotatable bonds is 6. The molecule has 0 radical (unpaired) electrons. The fourth-order valence-electron chi connectivity index (χ4n) is 3.52. The largest absolute Gasteiger partial charge is 0.322 e. The van der Waals surface area contributed by atoms with Crippen molar-refractivity contribution < 1.29 is 14.6 Å². The number of hydrogen-bond acceptors (Lipinski definition) is 1. The topological polar surface area (TPSA) is 38.0 Å². The third-order valence-electron chi connectivity index (χ3n) is 5.33. The lowest BCUT2D eigenvalue weighted by atomic mass is 10.2. The Hall–Kier alpha value is -1.85. The van der Waals surface area contributed by atoms with Crippen LogP contribution in [0, 0.1) is 0 Å². The predicted molar refractivity (Wildman–Crippen MR) is 116 cm³/mol. The molecule has 0 saturated carbocycles. The quantitative estimate of drug-likeness (QED) is 0.656. The van der Waals surface area contributed by atoms with Crippen LogP contribution < -0.4 is 15.1 Å². The summed E-state index contributed by atoms with van der Waals surface area (Å²) in [7, 11) is 0. The molecule has 0 aromatic heterocycles. The highest BCUT2D eigenvalue weighted by molar-refractivity contribution is 6.39. The Bertz CT molecular complexity index is 798. The summed E-state index contributed by atoms with van der Waals surface area (Å²) < 4.78 is 0. The van der Waals surface area contributed by atoms with Gasteiger partial charge in [-0.25, -0.2) is 0 Å². The molecule has 6 heteroatoms. The molecule has 4 nitrogen and oxygen atoms in total. The minimum Gasteiger partial charge on any atom is -0.322 e. The van der Waals surface area contributed by atoms with Crippen molar-refractivity contribution in [3.63, 3.8) is 0 Å². The summed E-state index contributed by atoms with van der Waals surface area (Å²) in [5.41, 5.74) is 1.73. The molecule has 0 spiro atoms. The molecule has 2 aromatic rings. The second-order valence-corrected chi connectivity index (χ2v) is 8.05. The number of para-hydroxylation sites is 1. The van der Waals surface area contributed by atoms with E-state index in [4.69, 9.17) is 23.2 Å². The van der Waals surface area contributed by atoms with E-state index in [1.165, 1.54) is 10.5 Å². The van der Waals surface area contributed by atoms with Gasteiger partial charge in [0.15, 0.2) is 6.04 Å². The van der Waals surface area contributed by atoms with Crippen molar-refractivity contribution in [2.75, 3.05) is 38.0 Å². The zero-order chi connectivity index (χ0) is 19.9. The minimum atomic E-state index is -0.145. The summed E-state index contributed by atoms with van der Waals surface area (Å²) in [5, 5.41) is 3.82. The smallest absolute Gasteiger partial charge is 0.282 e. The van der Waals surface area contributed by atoms with Gasteiger partial charge in [-0.05, 0) is 30.7 Å². The number of anilines is 1. The predicted octanol–water partition coefficient (Wildman–Crippen LogP) is 1.82. The molecule has 3 rings (SSSR count). The van der Waals surface area contributed by atoms with Crippen LogP contribution in [-0.2, 0) is 4.79 Å². The van der Waals surface area contributed by atoms with Crippen molar-refractivity contribution in [3.05, 3.63) is 70.2 Å². The van der Waals surface area contributed by atoms with Crippen LogP contribution in [0.15, 0.2) is 54.6 Å². The third kappa shape index (κ3) is 5.58. The maximum Gasteiger partial charge on any atom is 0.282 e. The Labute approximate surface area is 176 Å². The van der Waals surface area contributed by atoms with Crippen molar-refractivity contribution >= 4 is 40.9 Å². The highest BCUT2D eigenvalue weighted by Crippen LogP contribution is 2.29. The number of piperazine rings is 1. The Balaban J connectivity index is 1.47. The van der Waals surface area contributed by atoms with Crippen molar-refractivity contribution in [2.45, 2.75) is 13.0 Å². The van der Waals surface area contributed by atoms with Gasteiger partial charge in [-0.3, -0.25) is 4.79 Å². The maximum absolute atomic E-state index is 12.7. The average molecular weight is 420 g/mol. The molecule has 1 aliphatic rings. The van der Waals surface area contributed by atoms with Crippen molar-refractivity contribution in [1.29, 1.82) is 0 Å². The molecule has 3 N–H and O–H groups in total. The van der Waals surface area contributed by atoms with Crippen LogP contribution in [0.5, 0.6) is 0 Å². The van der Waals surface area contributed by atoms with E-state index in [2.05, 4.69) is 41.7 Å². The van der Waals surface area contributed by atoms with Crippen LogP contribution in [0.2, 0.25) is 10.0 Å².